The molecule has 1 aromatic heterocycles. The van der Waals surface area contributed by atoms with Crippen LogP contribution in [0.15, 0.2) is 53.3 Å². The largest absolute Gasteiger partial charge is 0.494 e. The van der Waals surface area contributed by atoms with Gasteiger partial charge < -0.3 is 14.3 Å². The molecule has 0 amide bonds. The van der Waals surface area contributed by atoms with Crippen molar-refractivity contribution in [3.05, 3.63) is 54.5 Å². The first kappa shape index (κ1) is 16.1. The Labute approximate surface area is 137 Å². The van der Waals surface area contributed by atoms with Gasteiger partial charge in [0.2, 0.25) is 0 Å². The number of piperidine rings is 1. The van der Waals surface area contributed by atoms with E-state index < -0.39 is 0 Å². The Hall–Kier alpha value is -1.78. The number of aliphatic hydroxyl groups is 1. The molecule has 4 heteroatoms. The Morgan fingerprint density at radius 2 is 2.09 bits per heavy atom. The fraction of sp³-hybridized carbons (Fsp3) is 0.474. The molecule has 1 aromatic carbocycles. The number of likely N-dealkylation sites (tertiary alicyclic amines) is 1. The van der Waals surface area contributed by atoms with Crippen LogP contribution < -0.4 is 4.74 Å². The van der Waals surface area contributed by atoms with Crippen molar-refractivity contribution in [1.82, 2.24) is 4.90 Å². The van der Waals surface area contributed by atoms with Crippen LogP contribution in [0.4, 0.5) is 0 Å². The Kier molecular flexibility index (Phi) is 5.36. The summed E-state index contributed by atoms with van der Waals surface area (Å²) in [6, 6.07) is 11.9. The van der Waals surface area contributed by atoms with Crippen LogP contribution in [-0.4, -0.2) is 36.3 Å². The van der Waals surface area contributed by atoms with Crippen molar-refractivity contribution >= 4 is 0 Å². The first-order chi connectivity index (χ1) is 11.3. The number of ether oxygens (including phenoxy) is 1. The number of rotatable bonds is 7. The molecule has 1 aliphatic rings. The van der Waals surface area contributed by atoms with E-state index in [4.69, 9.17) is 9.15 Å². The molecule has 2 heterocycles. The molecule has 0 saturated carbocycles. The Bertz CT molecular complexity index is 570. The van der Waals surface area contributed by atoms with Gasteiger partial charge in [-0.05, 0) is 44.0 Å². The van der Waals surface area contributed by atoms with Gasteiger partial charge in [0.15, 0.2) is 0 Å². The average Bonchev–Trinajstić information content (AvgIpc) is 3.09. The van der Waals surface area contributed by atoms with Crippen molar-refractivity contribution in [3.63, 3.8) is 0 Å². The van der Waals surface area contributed by atoms with Crippen LogP contribution in [0.1, 0.15) is 24.8 Å². The number of nitrogens with zero attached hydrogens (tertiary/aromatic N) is 1. The molecule has 23 heavy (non-hydrogen) atoms. The first-order valence-electron chi connectivity index (χ1n) is 8.32. The minimum absolute atomic E-state index is 0.0588. The molecule has 1 aliphatic heterocycles. The molecule has 0 unspecified atom stereocenters. The molecular weight excluding hydrogens is 290 g/mol. The monoisotopic (exact) mass is 315 g/mol. The fourth-order valence-electron chi connectivity index (χ4n) is 3.40. The van der Waals surface area contributed by atoms with Crippen molar-refractivity contribution in [2.75, 3.05) is 26.3 Å². The van der Waals surface area contributed by atoms with Gasteiger partial charge in [0.25, 0.3) is 0 Å². The highest BCUT2D eigenvalue weighted by Gasteiger charge is 2.34. The van der Waals surface area contributed by atoms with Gasteiger partial charge in [0, 0.05) is 24.1 Å². The molecular formula is C19H25NO3. The predicted octanol–water partition coefficient (Wildman–Crippen LogP) is 3.32. The minimum atomic E-state index is -0.0588. The molecule has 124 valence electrons. The molecule has 1 saturated heterocycles. The van der Waals surface area contributed by atoms with E-state index in [-0.39, 0.29) is 12.0 Å². The summed E-state index contributed by atoms with van der Waals surface area (Å²) in [5, 5.41) is 9.98. The maximum absolute atomic E-state index is 9.98. The summed E-state index contributed by atoms with van der Waals surface area (Å²) in [6.07, 6.45) is 6.56. The summed E-state index contributed by atoms with van der Waals surface area (Å²) in [5.41, 5.74) is 1.14. The lowest BCUT2D eigenvalue weighted by atomic mass is 9.78. The summed E-state index contributed by atoms with van der Waals surface area (Å²) in [7, 11) is 0. The van der Waals surface area contributed by atoms with Gasteiger partial charge in [-0.15, -0.1) is 0 Å². The molecule has 4 nitrogen and oxygen atoms in total. The van der Waals surface area contributed by atoms with Crippen molar-refractivity contribution in [2.45, 2.75) is 25.8 Å². The summed E-state index contributed by atoms with van der Waals surface area (Å²) in [4.78, 5) is 2.41. The Morgan fingerprint density at radius 3 is 2.83 bits per heavy atom. The van der Waals surface area contributed by atoms with Crippen LogP contribution >= 0.6 is 0 Å². The Balaban J connectivity index is 1.54. The first-order valence-corrected chi connectivity index (χ1v) is 8.32. The van der Waals surface area contributed by atoms with Gasteiger partial charge in [-0.3, -0.25) is 4.90 Å². The van der Waals surface area contributed by atoms with Gasteiger partial charge in [-0.25, -0.2) is 0 Å². The van der Waals surface area contributed by atoms with E-state index in [0.29, 0.717) is 6.61 Å². The number of benzene rings is 1. The van der Waals surface area contributed by atoms with E-state index in [0.717, 1.165) is 44.6 Å². The maximum Gasteiger partial charge on any atom is 0.119 e. The van der Waals surface area contributed by atoms with Crippen LogP contribution in [0.3, 0.4) is 0 Å². The fourth-order valence-corrected chi connectivity index (χ4v) is 3.40. The highest BCUT2D eigenvalue weighted by Crippen LogP contribution is 2.34. The topological polar surface area (TPSA) is 45.8 Å². The molecule has 0 aliphatic carbocycles. The third kappa shape index (κ3) is 4.36. The zero-order chi connectivity index (χ0) is 16.0. The molecule has 0 spiro atoms. The SMILES string of the molecule is OC[C@]1(CCOc2ccccc2)CCCN(Cc2ccoc2)C1. The summed E-state index contributed by atoms with van der Waals surface area (Å²) in [6.45, 7) is 3.73. The van der Waals surface area contributed by atoms with E-state index in [9.17, 15) is 5.11 Å². The molecule has 2 aromatic rings. The van der Waals surface area contributed by atoms with E-state index in [1.165, 1.54) is 5.56 Å². The standard InChI is InChI=1S/C19H25NO3/c21-16-19(9-12-23-18-5-2-1-3-6-18)8-4-10-20(15-19)13-17-7-11-22-14-17/h1-3,5-7,11,14,21H,4,8-10,12-13,15-16H2/t19-/m0/s1. The molecule has 3 rings (SSSR count). The second-order valence-corrected chi connectivity index (χ2v) is 6.52. The molecule has 0 bridgehead atoms. The molecule has 1 atom stereocenters. The predicted molar refractivity (Wildman–Crippen MR) is 89.3 cm³/mol. The molecule has 0 radical (unpaired) electrons. The molecule has 1 fully saturated rings. The minimum Gasteiger partial charge on any atom is -0.494 e. The van der Waals surface area contributed by atoms with Gasteiger partial charge in [-0.2, -0.15) is 0 Å². The van der Waals surface area contributed by atoms with Gasteiger partial charge >= 0.3 is 0 Å². The van der Waals surface area contributed by atoms with E-state index in [2.05, 4.69) is 4.90 Å². The van der Waals surface area contributed by atoms with E-state index >= 15 is 0 Å². The average molecular weight is 315 g/mol. The van der Waals surface area contributed by atoms with Crippen LogP contribution in [-0.2, 0) is 6.54 Å². The lowest BCUT2D eigenvalue weighted by Gasteiger charge is -2.41. The quantitative estimate of drug-likeness (QED) is 0.851. The third-order valence-electron chi connectivity index (χ3n) is 4.71. The lowest BCUT2D eigenvalue weighted by molar-refractivity contribution is 0.0128. The van der Waals surface area contributed by atoms with Gasteiger partial charge in [0.1, 0.15) is 5.75 Å². The Morgan fingerprint density at radius 1 is 1.22 bits per heavy atom. The smallest absolute Gasteiger partial charge is 0.119 e. The summed E-state index contributed by atoms with van der Waals surface area (Å²) >= 11 is 0. The van der Waals surface area contributed by atoms with Crippen molar-refractivity contribution in [2.24, 2.45) is 5.41 Å². The van der Waals surface area contributed by atoms with Gasteiger partial charge in [-0.1, -0.05) is 18.2 Å². The van der Waals surface area contributed by atoms with Crippen molar-refractivity contribution in [1.29, 1.82) is 0 Å². The lowest BCUT2D eigenvalue weighted by Crippen LogP contribution is -2.45. The summed E-state index contributed by atoms with van der Waals surface area (Å²) in [5.74, 6) is 0.895. The highest BCUT2D eigenvalue weighted by atomic mass is 16.5. The van der Waals surface area contributed by atoms with Crippen molar-refractivity contribution in [3.8, 4) is 5.75 Å². The number of hydrogen-bond acceptors (Lipinski definition) is 4. The molecule has 1 N–H and O–H groups in total. The number of hydrogen-bond donors (Lipinski definition) is 1. The van der Waals surface area contributed by atoms with Gasteiger partial charge in [0.05, 0.1) is 25.7 Å². The normalized spacial score (nSPS) is 22.1. The maximum atomic E-state index is 9.98. The van der Waals surface area contributed by atoms with Crippen molar-refractivity contribution < 1.29 is 14.3 Å². The van der Waals surface area contributed by atoms with E-state index in [1.807, 2.05) is 36.4 Å². The zero-order valence-corrected chi connectivity index (χ0v) is 13.5. The zero-order valence-electron chi connectivity index (χ0n) is 13.5. The second-order valence-electron chi connectivity index (χ2n) is 6.52. The third-order valence-corrected chi connectivity index (χ3v) is 4.71. The number of para-hydroxylation sites is 1. The highest BCUT2D eigenvalue weighted by molar-refractivity contribution is 5.20. The van der Waals surface area contributed by atoms with Crippen LogP contribution in [0, 0.1) is 5.41 Å². The second kappa shape index (κ2) is 7.66. The van der Waals surface area contributed by atoms with Crippen LogP contribution in [0.25, 0.3) is 0 Å². The van der Waals surface area contributed by atoms with Crippen LogP contribution in [0.2, 0.25) is 0 Å². The number of aliphatic hydroxyl groups excluding tert-OH is 1. The van der Waals surface area contributed by atoms with E-state index in [1.54, 1.807) is 12.5 Å². The van der Waals surface area contributed by atoms with Crippen LogP contribution in [0.5, 0.6) is 5.75 Å². The number of furan rings is 1. The summed E-state index contributed by atoms with van der Waals surface area (Å²) < 4.78 is 11.0.